The fourth-order valence-corrected chi connectivity index (χ4v) is 2.85. The summed E-state index contributed by atoms with van der Waals surface area (Å²) in [6.07, 6.45) is 0. The summed E-state index contributed by atoms with van der Waals surface area (Å²) in [4.78, 5) is 0. The van der Waals surface area contributed by atoms with Gasteiger partial charge < -0.3 is 9.88 Å². The maximum absolute atomic E-state index is 6.33. The van der Waals surface area contributed by atoms with Crippen molar-refractivity contribution in [3.63, 3.8) is 0 Å². The number of nitrogens with zero attached hydrogens (tertiary/aromatic N) is 3. The third-order valence-corrected chi connectivity index (χ3v) is 4.06. The van der Waals surface area contributed by atoms with E-state index >= 15 is 0 Å². The number of rotatable bonds is 6. The van der Waals surface area contributed by atoms with Crippen LogP contribution in [0.2, 0.25) is 5.02 Å². The van der Waals surface area contributed by atoms with Crippen LogP contribution in [0.5, 0.6) is 0 Å². The second-order valence-corrected chi connectivity index (χ2v) is 5.94. The Kier molecular flexibility index (Phi) is 5.37. The van der Waals surface area contributed by atoms with Gasteiger partial charge in [-0.3, -0.25) is 0 Å². The average Bonchev–Trinajstić information content (AvgIpc) is 2.81. The highest BCUT2D eigenvalue weighted by molar-refractivity contribution is 6.31. The minimum atomic E-state index is 0.195. The fourth-order valence-electron chi connectivity index (χ4n) is 2.60. The standard InChI is InChI=1S/C16H23ClN4/c1-5-21-12(4)19-20-15(21)10-18-16(11(2)3)13-8-6-7-9-14(13)17/h6-9,11,16,18H,5,10H2,1-4H3/t16-/m1/s1. The van der Waals surface area contributed by atoms with Crippen LogP contribution in [0.3, 0.4) is 0 Å². The van der Waals surface area contributed by atoms with Crippen LogP contribution in [0.15, 0.2) is 24.3 Å². The first-order chi connectivity index (χ1) is 10.0. The fraction of sp³-hybridized carbons (Fsp3) is 0.500. The number of hydrogen-bond donors (Lipinski definition) is 1. The van der Waals surface area contributed by atoms with Crippen LogP contribution in [-0.4, -0.2) is 14.8 Å². The second kappa shape index (κ2) is 7.05. The van der Waals surface area contributed by atoms with Gasteiger partial charge in [-0.05, 0) is 31.4 Å². The maximum Gasteiger partial charge on any atom is 0.147 e. The van der Waals surface area contributed by atoms with Crippen molar-refractivity contribution >= 4 is 11.6 Å². The third kappa shape index (κ3) is 3.63. The molecule has 0 radical (unpaired) electrons. The van der Waals surface area contributed by atoms with E-state index in [2.05, 4.69) is 46.9 Å². The minimum absolute atomic E-state index is 0.195. The summed E-state index contributed by atoms with van der Waals surface area (Å²) in [5, 5.41) is 12.8. The summed E-state index contributed by atoms with van der Waals surface area (Å²) in [5.41, 5.74) is 1.13. The molecule has 114 valence electrons. The monoisotopic (exact) mass is 306 g/mol. The first-order valence-electron chi connectivity index (χ1n) is 7.41. The van der Waals surface area contributed by atoms with Crippen molar-refractivity contribution in [2.75, 3.05) is 0 Å². The van der Waals surface area contributed by atoms with Gasteiger partial charge in [0.25, 0.3) is 0 Å². The summed E-state index contributed by atoms with van der Waals surface area (Å²) in [6, 6.07) is 8.20. The van der Waals surface area contributed by atoms with Crippen molar-refractivity contribution in [1.29, 1.82) is 0 Å². The van der Waals surface area contributed by atoms with Crippen LogP contribution < -0.4 is 5.32 Å². The van der Waals surface area contributed by atoms with Crippen molar-refractivity contribution < 1.29 is 0 Å². The molecule has 1 N–H and O–H groups in total. The number of aryl methyl sites for hydroxylation is 1. The van der Waals surface area contributed by atoms with Crippen LogP contribution in [0.1, 0.15) is 44.0 Å². The Hall–Kier alpha value is -1.39. The molecule has 4 nitrogen and oxygen atoms in total. The molecule has 0 saturated carbocycles. The van der Waals surface area contributed by atoms with Gasteiger partial charge >= 0.3 is 0 Å². The summed E-state index contributed by atoms with van der Waals surface area (Å²) in [5.74, 6) is 2.35. The predicted octanol–water partition coefficient (Wildman–Crippen LogP) is 3.75. The van der Waals surface area contributed by atoms with E-state index in [4.69, 9.17) is 11.6 Å². The van der Waals surface area contributed by atoms with Crippen molar-refractivity contribution in [1.82, 2.24) is 20.1 Å². The molecule has 0 aliphatic carbocycles. The largest absolute Gasteiger partial charge is 0.314 e. The van der Waals surface area contributed by atoms with Crippen LogP contribution in [-0.2, 0) is 13.1 Å². The Bertz CT molecular complexity index is 592. The maximum atomic E-state index is 6.33. The van der Waals surface area contributed by atoms with E-state index < -0.39 is 0 Å². The van der Waals surface area contributed by atoms with E-state index in [9.17, 15) is 0 Å². The molecule has 0 spiro atoms. The Labute approximate surface area is 131 Å². The summed E-state index contributed by atoms with van der Waals surface area (Å²) in [6.45, 7) is 10.0. The number of benzene rings is 1. The van der Waals surface area contributed by atoms with Gasteiger partial charge in [0, 0.05) is 17.6 Å². The molecular formula is C16H23ClN4. The molecule has 0 aliphatic rings. The van der Waals surface area contributed by atoms with E-state index in [0.717, 1.165) is 28.8 Å². The van der Waals surface area contributed by atoms with Crippen LogP contribution in [0.4, 0.5) is 0 Å². The Morgan fingerprint density at radius 1 is 1.24 bits per heavy atom. The second-order valence-electron chi connectivity index (χ2n) is 5.53. The third-order valence-electron chi connectivity index (χ3n) is 3.72. The molecule has 5 heteroatoms. The van der Waals surface area contributed by atoms with Crippen molar-refractivity contribution in [3.05, 3.63) is 46.5 Å². The van der Waals surface area contributed by atoms with Gasteiger partial charge in [0.15, 0.2) is 0 Å². The minimum Gasteiger partial charge on any atom is -0.314 e. The topological polar surface area (TPSA) is 42.7 Å². The van der Waals surface area contributed by atoms with Crippen molar-refractivity contribution in [2.24, 2.45) is 5.92 Å². The summed E-state index contributed by atoms with van der Waals surface area (Å²) >= 11 is 6.33. The Morgan fingerprint density at radius 2 is 1.95 bits per heavy atom. The molecule has 2 aromatic rings. The highest BCUT2D eigenvalue weighted by Crippen LogP contribution is 2.28. The molecule has 0 saturated heterocycles. The van der Waals surface area contributed by atoms with E-state index in [0.29, 0.717) is 12.5 Å². The Balaban J connectivity index is 2.16. The van der Waals surface area contributed by atoms with Crippen LogP contribution in [0, 0.1) is 12.8 Å². The average molecular weight is 307 g/mol. The molecule has 1 heterocycles. The summed E-state index contributed by atoms with van der Waals surface area (Å²) in [7, 11) is 0. The Morgan fingerprint density at radius 3 is 2.57 bits per heavy atom. The van der Waals surface area contributed by atoms with Crippen LogP contribution >= 0.6 is 11.6 Å². The van der Waals surface area contributed by atoms with Gasteiger partial charge in [0.05, 0.1) is 6.54 Å². The zero-order chi connectivity index (χ0) is 15.4. The molecule has 21 heavy (non-hydrogen) atoms. The number of aromatic nitrogens is 3. The van der Waals surface area contributed by atoms with Gasteiger partial charge in [-0.1, -0.05) is 43.6 Å². The summed E-state index contributed by atoms with van der Waals surface area (Å²) < 4.78 is 2.12. The highest BCUT2D eigenvalue weighted by Gasteiger charge is 2.19. The normalized spacial score (nSPS) is 12.9. The van der Waals surface area contributed by atoms with Gasteiger partial charge in [-0.25, -0.2) is 0 Å². The van der Waals surface area contributed by atoms with Gasteiger partial charge in [-0.15, -0.1) is 10.2 Å². The molecule has 1 atom stereocenters. The molecule has 0 aliphatic heterocycles. The lowest BCUT2D eigenvalue weighted by molar-refractivity contribution is 0.401. The molecule has 2 rings (SSSR count). The lowest BCUT2D eigenvalue weighted by atomic mass is 9.96. The highest BCUT2D eigenvalue weighted by atomic mass is 35.5. The van der Waals surface area contributed by atoms with Gasteiger partial charge in [-0.2, -0.15) is 0 Å². The molecule has 1 aromatic heterocycles. The SMILES string of the molecule is CCn1c(C)nnc1CN[C@@H](c1ccccc1Cl)C(C)C. The number of nitrogens with one attached hydrogen (secondary N) is 1. The lowest BCUT2D eigenvalue weighted by Crippen LogP contribution is -2.27. The van der Waals surface area contributed by atoms with E-state index in [1.165, 1.54) is 0 Å². The zero-order valence-electron chi connectivity index (χ0n) is 13.1. The van der Waals surface area contributed by atoms with E-state index in [1.807, 2.05) is 25.1 Å². The van der Waals surface area contributed by atoms with Crippen molar-refractivity contribution in [3.8, 4) is 0 Å². The lowest BCUT2D eigenvalue weighted by Gasteiger charge is -2.24. The van der Waals surface area contributed by atoms with Gasteiger partial charge in [0.2, 0.25) is 0 Å². The quantitative estimate of drug-likeness (QED) is 0.884. The van der Waals surface area contributed by atoms with Crippen molar-refractivity contribution in [2.45, 2.75) is 46.8 Å². The van der Waals surface area contributed by atoms with Crippen LogP contribution in [0.25, 0.3) is 0 Å². The molecule has 0 unspecified atom stereocenters. The molecular weight excluding hydrogens is 284 g/mol. The van der Waals surface area contributed by atoms with E-state index in [-0.39, 0.29) is 6.04 Å². The first kappa shape index (κ1) is 16.0. The molecule has 1 aromatic carbocycles. The predicted molar refractivity (Wildman–Crippen MR) is 86.3 cm³/mol. The number of hydrogen-bond acceptors (Lipinski definition) is 3. The molecule has 0 amide bonds. The molecule has 0 fully saturated rings. The number of halogens is 1. The zero-order valence-corrected chi connectivity index (χ0v) is 13.9. The smallest absolute Gasteiger partial charge is 0.147 e. The van der Waals surface area contributed by atoms with E-state index in [1.54, 1.807) is 0 Å². The molecule has 0 bridgehead atoms. The van der Waals surface area contributed by atoms with Gasteiger partial charge in [0.1, 0.15) is 11.6 Å². The first-order valence-corrected chi connectivity index (χ1v) is 7.78.